The molecule has 0 fully saturated rings. The standard InChI is InChI=1S/C9H13F3N4O3S/c1-15(2)8(17)4-16(5-9(10,11)12)20(18,19)7-3-13-6-14-7/h3,6H,4-5H2,1-2H3,(H,13,14). The number of amides is 1. The predicted molar refractivity (Wildman–Crippen MR) is 62.1 cm³/mol. The molecule has 0 aliphatic heterocycles. The molecule has 1 heterocycles. The molecule has 1 N–H and O–H groups in total. The van der Waals surface area contributed by atoms with Crippen molar-refractivity contribution in [3.63, 3.8) is 0 Å². The fourth-order valence-corrected chi connectivity index (χ4v) is 2.51. The van der Waals surface area contributed by atoms with Crippen LogP contribution in [0.4, 0.5) is 13.2 Å². The molecule has 0 aromatic carbocycles. The van der Waals surface area contributed by atoms with E-state index in [-0.39, 0.29) is 4.31 Å². The van der Waals surface area contributed by atoms with Gasteiger partial charge in [0, 0.05) is 14.1 Å². The van der Waals surface area contributed by atoms with Gasteiger partial charge in [-0.2, -0.15) is 17.5 Å². The topological polar surface area (TPSA) is 86.4 Å². The molecule has 0 atom stereocenters. The van der Waals surface area contributed by atoms with E-state index < -0.39 is 40.2 Å². The Morgan fingerprint density at radius 1 is 1.40 bits per heavy atom. The Labute approximate surface area is 113 Å². The molecule has 1 amide bonds. The molecule has 0 saturated heterocycles. The number of aromatic amines is 1. The zero-order chi connectivity index (χ0) is 15.6. The van der Waals surface area contributed by atoms with Gasteiger partial charge >= 0.3 is 6.18 Å². The van der Waals surface area contributed by atoms with Crippen molar-refractivity contribution in [2.45, 2.75) is 11.2 Å². The fourth-order valence-electron chi connectivity index (χ4n) is 1.24. The number of hydrogen-bond donors (Lipinski definition) is 1. The average molecular weight is 314 g/mol. The van der Waals surface area contributed by atoms with Gasteiger partial charge in [-0.05, 0) is 0 Å². The summed E-state index contributed by atoms with van der Waals surface area (Å²) in [5, 5.41) is -0.506. The highest BCUT2D eigenvalue weighted by atomic mass is 32.2. The third-order valence-corrected chi connectivity index (χ3v) is 3.97. The quantitative estimate of drug-likeness (QED) is 0.832. The summed E-state index contributed by atoms with van der Waals surface area (Å²) in [5.74, 6) is -0.766. The van der Waals surface area contributed by atoms with Crippen LogP contribution < -0.4 is 0 Å². The number of sulfonamides is 1. The van der Waals surface area contributed by atoms with E-state index in [1.165, 1.54) is 14.1 Å². The van der Waals surface area contributed by atoms with Crippen molar-refractivity contribution in [3.8, 4) is 0 Å². The van der Waals surface area contributed by atoms with Gasteiger partial charge in [-0.15, -0.1) is 0 Å². The summed E-state index contributed by atoms with van der Waals surface area (Å²) in [5.41, 5.74) is 0. The highest BCUT2D eigenvalue weighted by Crippen LogP contribution is 2.21. The highest BCUT2D eigenvalue weighted by molar-refractivity contribution is 7.89. The van der Waals surface area contributed by atoms with Gasteiger partial charge in [0.1, 0.15) is 6.54 Å². The molecule has 0 unspecified atom stereocenters. The first-order valence-corrected chi connectivity index (χ1v) is 6.73. The number of hydrogen-bond acceptors (Lipinski definition) is 4. The van der Waals surface area contributed by atoms with Gasteiger partial charge in [-0.3, -0.25) is 4.79 Å². The Balaban J connectivity index is 3.08. The third-order valence-electron chi connectivity index (χ3n) is 2.26. The van der Waals surface area contributed by atoms with Crippen LogP contribution >= 0.6 is 0 Å². The van der Waals surface area contributed by atoms with Crippen LogP contribution in [0.5, 0.6) is 0 Å². The first kappa shape index (κ1) is 16.4. The molecule has 114 valence electrons. The molecule has 0 saturated carbocycles. The van der Waals surface area contributed by atoms with Crippen molar-refractivity contribution < 1.29 is 26.4 Å². The molecule has 0 spiro atoms. The van der Waals surface area contributed by atoms with Crippen LogP contribution in [-0.4, -0.2) is 66.9 Å². The zero-order valence-corrected chi connectivity index (χ0v) is 11.5. The molecule has 0 aliphatic rings. The maximum absolute atomic E-state index is 12.5. The Morgan fingerprint density at radius 2 is 2.00 bits per heavy atom. The normalized spacial score (nSPS) is 12.7. The molecule has 1 aromatic rings. The van der Waals surface area contributed by atoms with E-state index in [2.05, 4.69) is 9.97 Å². The fraction of sp³-hybridized carbons (Fsp3) is 0.556. The summed E-state index contributed by atoms with van der Waals surface area (Å²) in [4.78, 5) is 18.1. The third kappa shape index (κ3) is 4.20. The van der Waals surface area contributed by atoms with Gasteiger partial charge in [0.15, 0.2) is 5.03 Å². The number of halogens is 3. The lowest BCUT2D eigenvalue weighted by molar-refractivity contribution is -0.141. The number of rotatable bonds is 5. The molecule has 1 rings (SSSR count). The average Bonchev–Trinajstić information content (AvgIpc) is 2.79. The summed E-state index contributed by atoms with van der Waals surface area (Å²) >= 11 is 0. The summed E-state index contributed by atoms with van der Waals surface area (Å²) in [6.07, 6.45) is -2.87. The van der Waals surface area contributed by atoms with Crippen molar-refractivity contribution in [1.82, 2.24) is 19.2 Å². The van der Waals surface area contributed by atoms with Crippen LogP contribution in [0.2, 0.25) is 0 Å². The largest absolute Gasteiger partial charge is 0.402 e. The molecule has 20 heavy (non-hydrogen) atoms. The summed E-state index contributed by atoms with van der Waals surface area (Å²) < 4.78 is 61.5. The van der Waals surface area contributed by atoms with Crippen molar-refractivity contribution in [2.24, 2.45) is 0 Å². The molecule has 7 nitrogen and oxygen atoms in total. The second kappa shape index (κ2) is 5.79. The minimum atomic E-state index is -4.76. The van der Waals surface area contributed by atoms with Crippen LogP contribution in [-0.2, 0) is 14.8 Å². The molecular weight excluding hydrogens is 301 g/mol. The van der Waals surface area contributed by atoms with Gasteiger partial charge in [0.25, 0.3) is 10.0 Å². The number of carbonyl (C=O) groups is 1. The summed E-state index contributed by atoms with van der Waals surface area (Å²) in [6, 6.07) is 0. The molecule has 0 bridgehead atoms. The van der Waals surface area contributed by atoms with Crippen LogP contribution in [0.15, 0.2) is 17.6 Å². The second-order valence-electron chi connectivity index (χ2n) is 4.09. The number of nitrogens with zero attached hydrogens (tertiary/aromatic N) is 3. The molecule has 11 heteroatoms. The first-order chi connectivity index (χ1) is 9.04. The van der Waals surface area contributed by atoms with Gasteiger partial charge in [-0.25, -0.2) is 13.4 Å². The van der Waals surface area contributed by atoms with E-state index in [1.807, 2.05) is 0 Å². The first-order valence-electron chi connectivity index (χ1n) is 5.29. The Hall–Kier alpha value is -1.62. The summed E-state index contributed by atoms with van der Waals surface area (Å²) in [6.45, 7) is -2.66. The lowest BCUT2D eigenvalue weighted by Crippen LogP contribution is -2.44. The summed E-state index contributed by atoms with van der Waals surface area (Å²) in [7, 11) is -1.84. The van der Waals surface area contributed by atoms with E-state index in [4.69, 9.17) is 0 Å². The van der Waals surface area contributed by atoms with E-state index >= 15 is 0 Å². The molecule has 1 aromatic heterocycles. The molecular formula is C9H13F3N4O3S. The lowest BCUT2D eigenvalue weighted by atomic mass is 10.5. The number of carbonyl (C=O) groups excluding carboxylic acids is 1. The van der Waals surface area contributed by atoms with Gasteiger partial charge in [0.2, 0.25) is 5.91 Å². The number of alkyl halides is 3. The Kier molecular flexibility index (Phi) is 4.76. The minimum Gasteiger partial charge on any atom is -0.348 e. The second-order valence-corrected chi connectivity index (χ2v) is 6.00. The minimum absolute atomic E-state index is 0.0584. The van der Waals surface area contributed by atoms with Crippen molar-refractivity contribution >= 4 is 15.9 Å². The number of likely N-dealkylation sites (N-methyl/N-ethyl adjacent to an activating group) is 1. The van der Waals surface area contributed by atoms with Crippen molar-refractivity contribution in [3.05, 3.63) is 12.5 Å². The van der Waals surface area contributed by atoms with E-state index in [0.29, 0.717) is 0 Å². The predicted octanol–water partition coefficient (Wildman–Crippen LogP) is 0.0509. The van der Waals surface area contributed by atoms with Crippen LogP contribution in [0.25, 0.3) is 0 Å². The molecule has 0 radical (unpaired) electrons. The lowest BCUT2D eigenvalue weighted by Gasteiger charge is -2.23. The van der Waals surface area contributed by atoms with Crippen LogP contribution in [0.3, 0.4) is 0 Å². The van der Waals surface area contributed by atoms with Gasteiger partial charge < -0.3 is 9.88 Å². The van der Waals surface area contributed by atoms with Crippen LogP contribution in [0, 0.1) is 0 Å². The number of aromatic nitrogens is 2. The van der Waals surface area contributed by atoms with Crippen LogP contribution in [0.1, 0.15) is 0 Å². The monoisotopic (exact) mass is 314 g/mol. The highest BCUT2D eigenvalue weighted by Gasteiger charge is 2.38. The number of nitrogens with one attached hydrogen (secondary N) is 1. The SMILES string of the molecule is CN(C)C(=O)CN(CC(F)(F)F)S(=O)(=O)c1cnc[nH]1. The maximum Gasteiger partial charge on any atom is 0.402 e. The zero-order valence-electron chi connectivity index (χ0n) is 10.7. The molecule has 0 aliphatic carbocycles. The smallest absolute Gasteiger partial charge is 0.348 e. The number of imidazole rings is 1. The van der Waals surface area contributed by atoms with Crippen molar-refractivity contribution in [1.29, 1.82) is 0 Å². The Morgan fingerprint density at radius 3 is 2.40 bits per heavy atom. The maximum atomic E-state index is 12.5. The van der Waals surface area contributed by atoms with E-state index in [1.54, 1.807) is 0 Å². The van der Waals surface area contributed by atoms with Gasteiger partial charge in [-0.1, -0.05) is 0 Å². The van der Waals surface area contributed by atoms with E-state index in [0.717, 1.165) is 17.4 Å². The Bertz CT molecular complexity index is 553. The van der Waals surface area contributed by atoms with Crippen molar-refractivity contribution in [2.75, 3.05) is 27.2 Å². The number of H-pyrrole nitrogens is 1. The van der Waals surface area contributed by atoms with E-state index in [9.17, 15) is 26.4 Å². The van der Waals surface area contributed by atoms with Gasteiger partial charge in [0.05, 0.1) is 19.1 Å².